The molecule has 0 fully saturated rings. The highest BCUT2D eigenvalue weighted by atomic mass is 79.9. The van der Waals surface area contributed by atoms with E-state index < -0.39 is 0 Å². The summed E-state index contributed by atoms with van der Waals surface area (Å²) in [5.74, 6) is 0. The summed E-state index contributed by atoms with van der Waals surface area (Å²) in [6.45, 7) is 0. The van der Waals surface area contributed by atoms with Gasteiger partial charge in [-0.3, -0.25) is 0 Å². The number of rotatable bonds is 4. The van der Waals surface area contributed by atoms with E-state index in [-0.39, 0.29) is 0 Å². The third-order valence-corrected chi connectivity index (χ3v) is 4.91. The minimum atomic E-state index is 0.758. The van der Waals surface area contributed by atoms with E-state index in [1.54, 1.807) is 0 Å². The van der Waals surface area contributed by atoms with Gasteiger partial charge < -0.3 is 0 Å². The molecule has 0 saturated carbocycles. The Hall–Kier alpha value is -1.35. The maximum Gasteiger partial charge on any atom is 0.0406 e. The van der Waals surface area contributed by atoms with Gasteiger partial charge in [-0.15, -0.1) is 0 Å². The van der Waals surface area contributed by atoms with E-state index in [0.717, 1.165) is 14.8 Å². The Morgan fingerprint density at radius 1 is 0.750 bits per heavy atom. The Kier molecular flexibility index (Phi) is 5.94. The first-order valence-electron chi connectivity index (χ1n) is 7.56. The Morgan fingerprint density at radius 3 is 1.71 bits per heavy atom. The molecule has 0 N–H and O–H groups in total. The van der Waals surface area contributed by atoms with Gasteiger partial charge in [-0.2, -0.15) is 0 Å². The van der Waals surface area contributed by atoms with E-state index in [1.165, 1.54) is 27.8 Å². The van der Waals surface area contributed by atoms with Crippen LogP contribution in [0.2, 0.25) is 5.02 Å². The van der Waals surface area contributed by atoms with Crippen molar-refractivity contribution in [2.45, 2.75) is 0 Å². The SMILES string of the molecule is Clc1ccc(-c2ccc(/C(=C\CBr)c3ccc(Br)cc3)cc2)cc1. The van der Waals surface area contributed by atoms with Gasteiger partial charge >= 0.3 is 0 Å². The predicted octanol–water partition coefficient (Wildman–Crippen LogP) is 7.60. The van der Waals surface area contributed by atoms with Crippen LogP contribution in [0.15, 0.2) is 83.3 Å². The number of hydrogen-bond donors (Lipinski definition) is 0. The van der Waals surface area contributed by atoms with Gasteiger partial charge in [0.1, 0.15) is 0 Å². The van der Waals surface area contributed by atoms with E-state index >= 15 is 0 Å². The molecular weight excluding hydrogens is 447 g/mol. The van der Waals surface area contributed by atoms with Gasteiger partial charge in [0.15, 0.2) is 0 Å². The summed E-state index contributed by atoms with van der Waals surface area (Å²) in [4.78, 5) is 0. The molecule has 0 saturated heterocycles. The van der Waals surface area contributed by atoms with E-state index in [2.05, 4.69) is 86.5 Å². The summed E-state index contributed by atoms with van der Waals surface area (Å²) in [5, 5.41) is 1.57. The zero-order valence-electron chi connectivity index (χ0n) is 12.8. The molecule has 0 nitrogen and oxygen atoms in total. The van der Waals surface area contributed by atoms with Crippen molar-refractivity contribution in [3.05, 3.63) is 99.5 Å². The molecule has 0 spiro atoms. The van der Waals surface area contributed by atoms with E-state index in [1.807, 2.05) is 24.3 Å². The topological polar surface area (TPSA) is 0 Å². The summed E-state index contributed by atoms with van der Waals surface area (Å²) in [6, 6.07) is 25.0. The van der Waals surface area contributed by atoms with Crippen LogP contribution in [0.3, 0.4) is 0 Å². The molecule has 24 heavy (non-hydrogen) atoms. The lowest BCUT2D eigenvalue weighted by Crippen LogP contribution is -1.89. The highest BCUT2D eigenvalue weighted by molar-refractivity contribution is 9.10. The third kappa shape index (κ3) is 4.18. The monoisotopic (exact) mass is 460 g/mol. The molecule has 0 aliphatic carbocycles. The van der Waals surface area contributed by atoms with Gasteiger partial charge in [0.25, 0.3) is 0 Å². The molecule has 0 atom stereocenters. The molecule has 3 heteroatoms. The minimum Gasteiger partial charge on any atom is -0.0883 e. The standard InChI is InChI=1S/C21H15Br2Cl/c22-14-13-21(18-5-9-19(23)10-6-18)17-3-1-15(2-4-17)16-7-11-20(24)12-8-16/h1-13H,14H2/b21-13+. The van der Waals surface area contributed by atoms with Crippen molar-refractivity contribution >= 4 is 49.0 Å². The summed E-state index contributed by atoms with van der Waals surface area (Å²) in [7, 11) is 0. The van der Waals surface area contributed by atoms with Gasteiger partial charge in [-0.25, -0.2) is 0 Å². The number of halogens is 3. The largest absolute Gasteiger partial charge is 0.0883 e. The molecular formula is C21H15Br2Cl. The first-order chi connectivity index (χ1) is 11.7. The summed E-state index contributed by atoms with van der Waals surface area (Å²) >= 11 is 13.0. The molecule has 0 aromatic heterocycles. The summed E-state index contributed by atoms with van der Waals surface area (Å²) in [6.07, 6.45) is 2.19. The van der Waals surface area contributed by atoms with Gasteiger partial charge in [0, 0.05) is 14.8 Å². The van der Waals surface area contributed by atoms with Gasteiger partial charge in [0.05, 0.1) is 0 Å². The van der Waals surface area contributed by atoms with Crippen LogP contribution in [0.25, 0.3) is 16.7 Å². The summed E-state index contributed by atoms with van der Waals surface area (Å²) in [5.41, 5.74) is 5.98. The van der Waals surface area contributed by atoms with Crippen LogP contribution < -0.4 is 0 Å². The van der Waals surface area contributed by atoms with Crippen molar-refractivity contribution in [2.24, 2.45) is 0 Å². The molecule has 120 valence electrons. The highest BCUT2D eigenvalue weighted by Gasteiger charge is 2.06. The Labute approximate surface area is 164 Å². The molecule has 0 heterocycles. The quantitative estimate of drug-likeness (QED) is 0.350. The predicted molar refractivity (Wildman–Crippen MR) is 112 cm³/mol. The number of allylic oxidation sites excluding steroid dienone is 1. The molecule has 0 radical (unpaired) electrons. The smallest absolute Gasteiger partial charge is 0.0406 e. The molecule has 0 bridgehead atoms. The van der Waals surface area contributed by atoms with E-state index in [0.29, 0.717) is 0 Å². The second kappa shape index (κ2) is 8.15. The number of hydrogen-bond acceptors (Lipinski definition) is 0. The molecule has 3 rings (SSSR count). The average molecular weight is 463 g/mol. The van der Waals surface area contributed by atoms with Crippen LogP contribution in [0.1, 0.15) is 11.1 Å². The molecule has 0 aliphatic rings. The van der Waals surface area contributed by atoms with Gasteiger partial charge in [-0.1, -0.05) is 98.1 Å². The number of benzene rings is 3. The van der Waals surface area contributed by atoms with Crippen molar-refractivity contribution in [1.82, 2.24) is 0 Å². The fourth-order valence-corrected chi connectivity index (χ4v) is 3.31. The fourth-order valence-electron chi connectivity index (χ4n) is 2.59. The first-order valence-corrected chi connectivity index (χ1v) is 9.85. The fraction of sp³-hybridized carbons (Fsp3) is 0.0476. The van der Waals surface area contributed by atoms with Crippen molar-refractivity contribution in [3.8, 4) is 11.1 Å². The van der Waals surface area contributed by atoms with Crippen molar-refractivity contribution < 1.29 is 0 Å². The normalized spacial score (nSPS) is 11.5. The molecule has 3 aromatic rings. The maximum absolute atomic E-state index is 5.96. The first kappa shape index (κ1) is 17.5. The Bertz CT molecular complexity index is 833. The summed E-state index contributed by atoms with van der Waals surface area (Å²) < 4.78 is 1.09. The molecule has 0 aliphatic heterocycles. The Balaban J connectivity index is 1.94. The lowest BCUT2D eigenvalue weighted by molar-refractivity contribution is 1.51. The van der Waals surface area contributed by atoms with Crippen LogP contribution in [0.4, 0.5) is 0 Å². The third-order valence-electron chi connectivity index (χ3n) is 3.81. The molecule has 3 aromatic carbocycles. The maximum atomic E-state index is 5.96. The second-order valence-corrected chi connectivity index (χ2v) is 7.36. The number of alkyl halides is 1. The lowest BCUT2D eigenvalue weighted by atomic mass is 9.95. The van der Waals surface area contributed by atoms with Crippen LogP contribution in [0.5, 0.6) is 0 Å². The van der Waals surface area contributed by atoms with Crippen LogP contribution >= 0.6 is 43.5 Å². The van der Waals surface area contributed by atoms with Gasteiger partial charge in [0.2, 0.25) is 0 Å². The highest BCUT2D eigenvalue weighted by Crippen LogP contribution is 2.28. The van der Waals surface area contributed by atoms with Crippen LogP contribution in [0, 0.1) is 0 Å². The van der Waals surface area contributed by atoms with Crippen LogP contribution in [-0.4, -0.2) is 5.33 Å². The van der Waals surface area contributed by atoms with Crippen molar-refractivity contribution in [1.29, 1.82) is 0 Å². The lowest BCUT2D eigenvalue weighted by Gasteiger charge is -2.10. The second-order valence-electron chi connectivity index (χ2n) is 5.36. The zero-order chi connectivity index (χ0) is 16.9. The van der Waals surface area contributed by atoms with Crippen LogP contribution in [-0.2, 0) is 0 Å². The minimum absolute atomic E-state index is 0.758. The Morgan fingerprint density at radius 2 is 1.21 bits per heavy atom. The van der Waals surface area contributed by atoms with E-state index in [4.69, 9.17) is 11.6 Å². The molecule has 0 unspecified atom stereocenters. The van der Waals surface area contributed by atoms with Gasteiger partial charge in [-0.05, 0) is 52.1 Å². The molecule has 0 amide bonds. The van der Waals surface area contributed by atoms with Crippen molar-refractivity contribution in [2.75, 3.05) is 5.33 Å². The van der Waals surface area contributed by atoms with E-state index in [9.17, 15) is 0 Å². The zero-order valence-corrected chi connectivity index (χ0v) is 16.8. The van der Waals surface area contributed by atoms with Crippen molar-refractivity contribution in [3.63, 3.8) is 0 Å². The average Bonchev–Trinajstić information content (AvgIpc) is 2.62.